The van der Waals surface area contributed by atoms with Gasteiger partial charge in [-0.2, -0.15) is 0 Å². The highest BCUT2D eigenvalue weighted by atomic mass is 14.1. The van der Waals surface area contributed by atoms with E-state index in [9.17, 15) is 0 Å². The van der Waals surface area contributed by atoms with Gasteiger partial charge in [-0.05, 0) is 48.6 Å². The Morgan fingerprint density at radius 1 is 1.00 bits per heavy atom. The third kappa shape index (κ3) is 2.27. The van der Waals surface area contributed by atoms with E-state index in [0.29, 0.717) is 0 Å². The average molecular weight is 195 g/mol. The maximum absolute atomic E-state index is 3.12. The fraction of sp³-hybridized carbons (Fsp3) is 0.200. The maximum atomic E-state index is 3.12. The molecule has 0 spiro atoms. The van der Waals surface area contributed by atoms with Gasteiger partial charge in [-0.25, -0.2) is 0 Å². The molecule has 0 saturated heterocycles. The van der Waals surface area contributed by atoms with Gasteiger partial charge in [-0.15, -0.1) is 0 Å². The molecule has 0 aromatic heterocycles. The second-order valence-electron chi connectivity index (χ2n) is 3.96. The Morgan fingerprint density at radius 3 is 2.33 bits per heavy atom. The summed E-state index contributed by atoms with van der Waals surface area (Å²) in [5.41, 5.74) is 5.52. The Kier molecular flexibility index (Phi) is 2.86. The second kappa shape index (κ2) is 4.31. The first-order valence-electron chi connectivity index (χ1n) is 5.27. The van der Waals surface area contributed by atoms with Gasteiger partial charge in [0, 0.05) is 0 Å². The Balaban J connectivity index is 2.32. The van der Waals surface area contributed by atoms with Crippen molar-refractivity contribution in [2.45, 2.75) is 20.3 Å². The van der Waals surface area contributed by atoms with Gasteiger partial charge in [-0.1, -0.05) is 42.5 Å². The van der Waals surface area contributed by atoms with E-state index in [1.807, 2.05) is 12.1 Å². The van der Waals surface area contributed by atoms with Crippen molar-refractivity contribution >= 4 is 0 Å². The molecule has 15 heavy (non-hydrogen) atoms. The summed E-state index contributed by atoms with van der Waals surface area (Å²) >= 11 is 0. The molecule has 2 aromatic rings. The van der Waals surface area contributed by atoms with Crippen LogP contribution in [-0.2, 0) is 6.42 Å². The fourth-order valence-electron chi connectivity index (χ4n) is 1.87. The molecule has 0 nitrogen and oxygen atoms in total. The fourth-order valence-corrected chi connectivity index (χ4v) is 1.87. The summed E-state index contributed by atoms with van der Waals surface area (Å²) in [7, 11) is 0. The van der Waals surface area contributed by atoms with E-state index < -0.39 is 0 Å². The van der Waals surface area contributed by atoms with Crippen LogP contribution in [0, 0.1) is 19.9 Å². The number of hydrogen-bond acceptors (Lipinski definition) is 0. The third-order valence-electron chi connectivity index (χ3n) is 2.80. The first-order chi connectivity index (χ1) is 7.27. The van der Waals surface area contributed by atoms with Crippen molar-refractivity contribution in [2.75, 3.05) is 0 Å². The molecule has 2 rings (SSSR count). The Morgan fingerprint density at radius 2 is 1.73 bits per heavy atom. The largest absolute Gasteiger partial charge is 0.0617 e. The number of aryl methyl sites for hydroxylation is 2. The van der Waals surface area contributed by atoms with Gasteiger partial charge in [-0.3, -0.25) is 0 Å². The van der Waals surface area contributed by atoms with Crippen LogP contribution in [0.3, 0.4) is 0 Å². The minimum Gasteiger partial charge on any atom is -0.0617 e. The van der Waals surface area contributed by atoms with E-state index >= 15 is 0 Å². The summed E-state index contributed by atoms with van der Waals surface area (Å²) in [5, 5.41) is 0. The van der Waals surface area contributed by atoms with Crippen LogP contribution in [0.1, 0.15) is 22.3 Å². The zero-order valence-corrected chi connectivity index (χ0v) is 9.25. The highest BCUT2D eigenvalue weighted by Crippen LogP contribution is 2.17. The van der Waals surface area contributed by atoms with E-state index in [4.69, 9.17) is 0 Å². The zero-order chi connectivity index (χ0) is 10.7. The van der Waals surface area contributed by atoms with Crippen LogP contribution < -0.4 is 0 Å². The second-order valence-corrected chi connectivity index (χ2v) is 3.96. The van der Waals surface area contributed by atoms with E-state index in [-0.39, 0.29) is 0 Å². The molecular weight excluding hydrogens is 180 g/mol. The SMILES string of the molecule is Cc1cccc(C)c1Cc1c[c]ccc1. The molecule has 0 N–H and O–H groups in total. The predicted octanol–water partition coefficient (Wildman–Crippen LogP) is 3.69. The lowest BCUT2D eigenvalue weighted by molar-refractivity contribution is 1.12. The minimum absolute atomic E-state index is 1.01. The van der Waals surface area contributed by atoms with Crippen LogP contribution in [0.2, 0.25) is 0 Å². The molecule has 0 aliphatic heterocycles. The van der Waals surface area contributed by atoms with E-state index in [1.165, 1.54) is 22.3 Å². The molecule has 0 aliphatic carbocycles. The van der Waals surface area contributed by atoms with E-state index in [0.717, 1.165) is 6.42 Å². The molecule has 0 heteroatoms. The molecule has 0 amide bonds. The van der Waals surface area contributed by atoms with Gasteiger partial charge in [0.2, 0.25) is 0 Å². The number of rotatable bonds is 2. The van der Waals surface area contributed by atoms with Crippen LogP contribution in [0.25, 0.3) is 0 Å². The molecule has 0 saturated carbocycles. The van der Waals surface area contributed by atoms with Crippen LogP contribution >= 0.6 is 0 Å². The molecule has 0 fully saturated rings. The molecule has 0 unspecified atom stereocenters. The van der Waals surface area contributed by atoms with Crippen LogP contribution in [0.5, 0.6) is 0 Å². The Bertz CT molecular complexity index is 421. The first kappa shape index (κ1) is 9.97. The van der Waals surface area contributed by atoms with E-state index in [2.05, 4.69) is 50.2 Å². The van der Waals surface area contributed by atoms with Crippen LogP contribution in [0.15, 0.2) is 42.5 Å². The first-order valence-corrected chi connectivity index (χ1v) is 5.27. The normalized spacial score (nSPS) is 10.3. The van der Waals surface area contributed by atoms with Gasteiger partial charge in [0.25, 0.3) is 0 Å². The van der Waals surface area contributed by atoms with Crippen molar-refractivity contribution in [3.8, 4) is 0 Å². The quantitative estimate of drug-likeness (QED) is 0.685. The highest BCUT2D eigenvalue weighted by molar-refractivity contribution is 5.37. The summed E-state index contributed by atoms with van der Waals surface area (Å²) in [6.07, 6.45) is 1.01. The number of benzene rings is 2. The predicted molar refractivity (Wildman–Crippen MR) is 64.0 cm³/mol. The van der Waals surface area contributed by atoms with Crippen LogP contribution in [-0.4, -0.2) is 0 Å². The maximum Gasteiger partial charge on any atom is -0.00203 e. The van der Waals surface area contributed by atoms with Gasteiger partial charge in [0.1, 0.15) is 0 Å². The van der Waals surface area contributed by atoms with Gasteiger partial charge >= 0.3 is 0 Å². The standard InChI is InChI=1S/C15H15/c1-12-7-6-8-13(2)15(12)11-14-9-4-3-5-10-14/h3-4,6-10H,11H2,1-2H3. The molecule has 0 aliphatic rings. The average Bonchev–Trinajstić information content (AvgIpc) is 2.25. The lowest BCUT2D eigenvalue weighted by atomic mass is 9.96. The topological polar surface area (TPSA) is 0 Å². The van der Waals surface area contributed by atoms with Crippen molar-refractivity contribution in [3.63, 3.8) is 0 Å². The lowest BCUT2D eigenvalue weighted by Crippen LogP contribution is -1.94. The third-order valence-corrected chi connectivity index (χ3v) is 2.80. The van der Waals surface area contributed by atoms with Crippen molar-refractivity contribution in [3.05, 3.63) is 70.8 Å². The molecule has 2 aromatic carbocycles. The molecule has 0 bridgehead atoms. The monoisotopic (exact) mass is 195 g/mol. The van der Waals surface area contributed by atoms with Crippen molar-refractivity contribution in [1.29, 1.82) is 0 Å². The molecule has 0 heterocycles. The molecule has 1 radical (unpaired) electrons. The smallest absolute Gasteiger partial charge is 0.00203 e. The number of hydrogen-bond donors (Lipinski definition) is 0. The molecular formula is C15H15. The Labute approximate surface area is 91.6 Å². The highest BCUT2D eigenvalue weighted by Gasteiger charge is 2.02. The van der Waals surface area contributed by atoms with Crippen molar-refractivity contribution in [2.24, 2.45) is 0 Å². The summed E-state index contributed by atoms with van der Waals surface area (Å²) in [4.78, 5) is 0. The summed E-state index contributed by atoms with van der Waals surface area (Å²) in [6, 6.07) is 17.8. The Hall–Kier alpha value is -1.56. The zero-order valence-electron chi connectivity index (χ0n) is 9.25. The van der Waals surface area contributed by atoms with Gasteiger partial charge < -0.3 is 0 Å². The minimum atomic E-state index is 1.01. The summed E-state index contributed by atoms with van der Waals surface area (Å²) in [5.74, 6) is 0. The van der Waals surface area contributed by atoms with Gasteiger partial charge in [0.05, 0.1) is 0 Å². The van der Waals surface area contributed by atoms with Gasteiger partial charge in [0.15, 0.2) is 0 Å². The molecule has 75 valence electrons. The van der Waals surface area contributed by atoms with Crippen molar-refractivity contribution in [1.82, 2.24) is 0 Å². The summed E-state index contributed by atoms with van der Waals surface area (Å²) < 4.78 is 0. The summed E-state index contributed by atoms with van der Waals surface area (Å²) in [6.45, 7) is 4.35. The lowest BCUT2D eigenvalue weighted by Gasteiger charge is -2.09. The van der Waals surface area contributed by atoms with Crippen LogP contribution in [0.4, 0.5) is 0 Å². The van der Waals surface area contributed by atoms with Crippen molar-refractivity contribution < 1.29 is 0 Å². The van der Waals surface area contributed by atoms with E-state index in [1.54, 1.807) is 0 Å². The molecule has 0 atom stereocenters.